The summed E-state index contributed by atoms with van der Waals surface area (Å²) in [5.74, 6) is -0.656. The highest BCUT2D eigenvalue weighted by atomic mass is 32.2. The van der Waals surface area contributed by atoms with E-state index in [1.54, 1.807) is 17.0 Å². The number of aliphatic hydroxyl groups is 1. The first-order chi connectivity index (χ1) is 17.1. The van der Waals surface area contributed by atoms with Crippen molar-refractivity contribution in [2.75, 3.05) is 23.3 Å². The predicted octanol–water partition coefficient (Wildman–Crippen LogP) is 3.68. The standard InChI is InChI=1S/C24H31F3N6O3S/c1-21(2,3)32-37(36)17-7-5-6-16(30-17)31-20(34)18-19(33-12-10-23(8-9-23)11-13-33)29-15(14-28-18)22(4,35)24(25,26)27/h5-7,14,32,35H,8-13H2,1-4H3,(H,30,31,34). The fourth-order valence-electron chi connectivity index (χ4n) is 4.10. The summed E-state index contributed by atoms with van der Waals surface area (Å²) in [5, 5.41) is 13.0. The lowest BCUT2D eigenvalue weighted by atomic mass is 9.93. The number of alkyl halides is 3. The number of hydrogen-bond acceptors (Lipinski definition) is 8. The summed E-state index contributed by atoms with van der Waals surface area (Å²) in [6.07, 6.45) is -0.294. The Bertz CT molecular complexity index is 1160. The van der Waals surface area contributed by atoms with Gasteiger partial charge in [-0.3, -0.25) is 4.79 Å². The van der Waals surface area contributed by atoms with Gasteiger partial charge in [-0.25, -0.2) is 9.97 Å². The van der Waals surface area contributed by atoms with Gasteiger partial charge in [0.15, 0.2) is 11.5 Å². The number of amides is 1. The zero-order valence-electron chi connectivity index (χ0n) is 21.1. The molecule has 0 bridgehead atoms. The van der Waals surface area contributed by atoms with Crippen molar-refractivity contribution in [1.29, 1.82) is 0 Å². The molecule has 1 spiro atoms. The van der Waals surface area contributed by atoms with Gasteiger partial charge in [0.25, 0.3) is 10.9 Å². The van der Waals surface area contributed by atoms with Gasteiger partial charge in [0.05, 0.1) is 23.1 Å². The lowest BCUT2D eigenvalue weighted by Gasteiger charge is -2.34. The monoisotopic (exact) mass is 540 g/mol. The van der Waals surface area contributed by atoms with Crippen molar-refractivity contribution in [2.45, 2.75) is 75.7 Å². The molecule has 2 aliphatic rings. The number of nitrogens with zero attached hydrogens (tertiary/aromatic N) is 4. The van der Waals surface area contributed by atoms with Crippen LogP contribution in [0.4, 0.5) is 24.8 Å². The molecule has 1 saturated heterocycles. The highest BCUT2D eigenvalue weighted by molar-refractivity contribution is 7.89. The molecule has 3 heterocycles. The second kappa shape index (κ2) is 9.68. The normalized spacial score (nSPS) is 19.9. The maximum absolute atomic E-state index is 13.5. The number of carbonyl (C=O) groups is 1. The van der Waals surface area contributed by atoms with Crippen LogP contribution in [0, 0.1) is 5.41 Å². The highest BCUT2D eigenvalue weighted by Gasteiger charge is 2.53. The SMILES string of the molecule is CC(C)(C)N[S+]([O-])c1cccc(NC(=O)c2ncc(C(C)(O)C(F)(F)F)nc2N2CCC3(CC2)CC3)n1. The second-order valence-electron chi connectivity index (χ2n) is 10.9. The Morgan fingerprint density at radius 2 is 1.76 bits per heavy atom. The Kier molecular flexibility index (Phi) is 7.21. The molecule has 0 aromatic carbocycles. The minimum absolute atomic E-state index is 0.0239. The molecule has 4 rings (SSSR count). The smallest absolute Gasteiger partial charge is 0.422 e. The first-order valence-corrected chi connectivity index (χ1v) is 13.1. The lowest BCUT2D eigenvalue weighted by molar-refractivity contribution is -0.260. The fourth-order valence-corrected chi connectivity index (χ4v) is 5.15. The molecule has 1 amide bonds. The number of aromatic nitrogens is 3. The molecule has 2 atom stereocenters. The topological polar surface area (TPSA) is 126 Å². The van der Waals surface area contributed by atoms with Crippen molar-refractivity contribution < 1.29 is 27.6 Å². The number of anilines is 2. The third-order valence-corrected chi connectivity index (χ3v) is 8.06. The fraction of sp³-hybridized carbons (Fsp3) is 0.583. The van der Waals surface area contributed by atoms with Crippen LogP contribution in [0.1, 0.15) is 69.6 Å². The number of hydrogen-bond donors (Lipinski definition) is 3. The van der Waals surface area contributed by atoms with Crippen LogP contribution in [0.15, 0.2) is 29.4 Å². The van der Waals surface area contributed by atoms with E-state index in [2.05, 4.69) is 25.0 Å². The molecule has 1 saturated carbocycles. The van der Waals surface area contributed by atoms with Crippen LogP contribution in [0.25, 0.3) is 0 Å². The quantitative estimate of drug-likeness (QED) is 0.474. The van der Waals surface area contributed by atoms with Crippen molar-refractivity contribution in [1.82, 2.24) is 19.7 Å². The molecular weight excluding hydrogens is 509 g/mol. The van der Waals surface area contributed by atoms with Gasteiger partial charge >= 0.3 is 6.18 Å². The Morgan fingerprint density at radius 3 is 2.32 bits per heavy atom. The molecular formula is C24H31F3N6O3S. The van der Waals surface area contributed by atoms with Crippen molar-refractivity contribution in [3.8, 4) is 0 Å². The number of carbonyl (C=O) groups excluding carboxylic acids is 1. The molecule has 1 aliphatic heterocycles. The Labute approximate surface area is 216 Å². The molecule has 3 N–H and O–H groups in total. The van der Waals surface area contributed by atoms with Gasteiger partial charge in [0.1, 0.15) is 11.5 Å². The average Bonchev–Trinajstić information content (AvgIpc) is 3.56. The van der Waals surface area contributed by atoms with E-state index in [-0.39, 0.29) is 27.8 Å². The maximum atomic E-state index is 13.5. The van der Waals surface area contributed by atoms with E-state index in [1.807, 2.05) is 20.8 Å². The molecule has 2 aromatic rings. The number of piperidine rings is 1. The molecule has 1 aliphatic carbocycles. The third-order valence-electron chi connectivity index (χ3n) is 6.65. The van der Waals surface area contributed by atoms with Gasteiger partial charge in [-0.2, -0.15) is 18.2 Å². The maximum Gasteiger partial charge on any atom is 0.422 e. The summed E-state index contributed by atoms with van der Waals surface area (Å²) in [4.78, 5) is 27.3. The van der Waals surface area contributed by atoms with Crippen LogP contribution in [0.5, 0.6) is 0 Å². The lowest BCUT2D eigenvalue weighted by Crippen LogP contribution is -2.42. The van der Waals surface area contributed by atoms with Crippen molar-refractivity contribution in [3.63, 3.8) is 0 Å². The largest absolute Gasteiger partial charge is 0.592 e. The van der Waals surface area contributed by atoms with Crippen LogP contribution in [0.3, 0.4) is 0 Å². The van der Waals surface area contributed by atoms with E-state index in [4.69, 9.17) is 0 Å². The number of halogens is 3. The average molecular weight is 541 g/mol. The summed E-state index contributed by atoms with van der Waals surface area (Å²) in [5.41, 5.74) is -4.28. The van der Waals surface area contributed by atoms with Crippen LogP contribution in [-0.2, 0) is 17.0 Å². The number of pyridine rings is 1. The van der Waals surface area contributed by atoms with Crippen LogP contribution >= 0.6 is 0 Å². The van der Waals surface area contributed by atoms with Gasteiger partial charge in [-0.1, -0.05) is 6.07 Å². The van der Waals surface area contributed by atoms with Gasteiger partial charge in [0.2, 0.25) is 5.60 Å². The molecule has 0 radical (unpaired) electrons. The summed E-state index contributed by atoms with van der Waals surface area (Å²) in [6, 6.07) is 4.63. The van der Waals surface area contributed by atoms with Gasteiger partial charge in [0, 0.05) is 19.2 Å². The van der Waals surface area contributed by atoms with E-state index in [9.17, 15) is 27.6 Å². The van der Waals surface area contributed by atoms with Gasteiger partial charge in [-0.15, -0.1) is 4.72 Å². The predicted molar refractivity (Wildman–Crippen MR) is 132 cm³/mol. The Hall–Kier alpha value is -2.48. The second-order valence-corrected chi connectivity index (χ2v) is 12.1. The van der Waals surface area contributed by atoms with Crippen molar-refractivity contribution in [2.24, 2.45) is 5.41 Å². The van der Waals surface area contributed by atoms with E-state index in [0.29, 0.717) is 20.0 Å². The van der Waals surface area contributed by atoms with E-state index < -0.39 is 40.3 Å². The third kappa shape index (κ3) is 6.16. The Morgan fingerprint density at radius 1 is 1.11 bits per heavy atom. The minimum Gasteiger partial charge on any atom is -0.592 e. The zero-order chi connectivity index (χ0) is 27.2. The summed E-state index contributed by atoms with van der Waals surface area (Å²) in [7, 11) is 0. The molecule has 9 nitrogen and oxygen atoms in total. The van der Waals surface area contributed by atoms with Crippen molar-refractivity contribution >= 4 is 28.9 Å². The molecule has 2 fully saturated rings. The molecule has 37 heavy (non-hydrogen) atoms. The zero-order valence-corrected chi connectivity index (χ0v) is 22.0. The first kappa shape index (κ1) is 27.6. The highest BCUT2D eigenvalue weighted by Crippen LogP contribution is 2.54. The number of nitrogens with one attached hydrogen (secondary N) is 2. The van der Waals surface area contributed by atoms with E-state index in [0.717, 1.165) is 31.9 Å². The van der Waals surface area contributed by atoms with Crippen LogP contribution < -0.4 is 14.9 Å². The van der Waals surface area contributed by atoms with Gasteiger partial charge in [-0.05, 0) is 64.9 Å². The van der Waals surface area contributed by atoms with Crippen molar-refractivity contribution in [3.05, 3.63) is 35.8 Å². The number of rotatable bonds is 6. The molecule has 2 unspecified atom stereocenters. The van der Waals surface area contributed by atoms with E-state index in [1.165, 1.54) is 6.07 Å². The first-order valence-electron chi connectivity index (χ1n) is 12.0. The summed E-state index contributed by atoms with van der Waals surface area (Å²) < 4.78 is 56.0. The summed E-state index contributed by atoms with van der Waals surface area (Å²) >= 11 is -1.64. The van der Waals surface area contributed by atoms with Crippen LogP contribution in [0.2, 0.25) is 0 Å². The van der Waals surface area contributed by atoms with Gasteiger partial charge < -0.3 is 19.9 Å². The molecule has 13 heteroatoms. The molecule has 2 aromatic heterocycles. The Balaban J connectivity index is 1.62. The van der Waals surface area contributed by atoms with Crippen LogP contribution in [-0.4, -0.2) is 55.3 Å². The van der Waals surface area contributed by atoms with E-state index >= 15 is 0 Å². The minimum atomic E-state index is -4.98. The summed E-state index contributed by atoms with van der Waals surface area (Å²) in [6.45, 7) is 7.18. The molecule has 202 valence electrons.